The second kappa shape index (κ2) is 9.75. The van der Waals surface area contributed by atoms with Crippen molar-refractivity contribution < 1.29 is 9.47 Å². The van der Waals surface area contributed by atoms with E-state index in [4.69, 9.17) is 15.2 Å². The van der Waals surface area contributed by atoms with Crippen LogP contribution in [-0.2, 0) is 9.47 Å². The molecule has 20 heavy (non-hydrogen) atoms. The van der Waals surface area contributed by atoms with Crippen LogP contribution >= 0.6 is 24.0 Å². The lowest BCUT2D eigenvalue weighted by Crippen LogP contribution is -2.45. The highest BCUT2D eigenvalue weighted by atomic mass is 127. The van der Waals surface area contributed by atoms with Gasteiger partial charge in [-0.15, -0.1) is 24.0 Å². The smallest absolute Gasteiger partial charge is 0.191 e. The van der Waals surface area contributed by atoms with Gasteiger partial charge in [0.15, 0.2) is 5.96 Å². The van der Waals surface area contributed by atoms with E-state index in [2.05, 4.69) is 14.8 Å². The maximum atomic E-state index is 6.05. The largest absolute Gasteiger partial charge is 0.383 e. The van der Waals surface area contributed by atoms with Crippen molar-refractivity contribution in [3.8, 4) is 0 Å². The van der Waals surface area contributed by atoms with Gasteiger partial charge in [0.05, 0.1) is 26.4 Å². The highest BCUT2D eigenvalue weighted by Gasteiger charge is 2.24. The molecule has 2 fully saturated rings. The number of likely N-dealkylation sites (tertiary alicyclic amines) is 1. The van der Waals surface area contributed by atoms with Crippen LogP contribution in [0.1, 0.15) is 12.8 Å². The van der Waals surface area contributed by atoms with Gasteiger partial charge in [0.25, 0.3) is 0 Å². The van der Waals surface area contributed by atoms with E-state index < -0.39 is 0 Å². The van der Waals surface area contributed by atoms with Crippen molar-refractivity contribution in [2.24, 2.45) is 10.7 Å². The second-order valence-corrected chi connectivity index (χ2v) is 5.12. The van der Waals surface area contributed by atoms with E-state index in [1.807, 2.05) is 0 Å². The first-order valence-electron chi connectivity index (χ1n) is 7.17. The third kappa shape index (κ3) is 5.34. The summed E-state index contributed by atoms with van der Waals surface area (Å²) in [6, 6.07) is 0.523. The number of morpholine rings is 1. The lowest BCUT2D eigenvalue weighted by atomic mass is 10.2. The zero-order valence-electron chi connectivity index (χ0n) is 12.3. The van der Waals surface area contributed by atoms with E-state index in [0.717, 1.165) is 52.5 Å². The average molecular weight is 398 g/mol. The Morgan fingerprint density at radius 1 is 1.35 bits per heavy atom. The Balaban J connectivity index is 0.00000200. The second-order valence-electron chi connectivity index (χ2n) is 5.12. The van der Waals surface area contributed by atoms with Crippen molar-refractivity contribution in [1.82, 2.24) is 9.80 Å². The van der Waals surface area contributed by atoms with Gasteiger partial charge in [-0.25, -0.2) is 0 Å². The number of guanidine groups is 1. The van der Waals surface area contributed by atoms with Crippen LogP contribution in [0.2, 0.25) is 0 Å². The summed E-state index contributed by atoms with van der Waals surface area (Å²) in [5.41, 5.74) is 6.05. The molecule has 0 aromatic rings. The Morgan fingerprint density at radius 2 is 2.10 bits per heavy atom. The van der Waals surface area contributed by atoms with E-state index in [-0.39, 0.29) is 24.0 Å². The summed E-state index contributed by atoms with van der Waals surface area (Å²) in [7, 11) is 1.75. The van der Waals surface area contributed by atoms with Crippen LogP contribution in [0, 0.1) is 0 Å². The number of ether oxygens (including phenoxy) is 2. The summed E-state index contributed by atoms with van der Waals surface area (Å²) in [6.45, 7) is 6.95. The lowest BCUT2D eigenvalue weighted by molar-refractivity contribution is 0.0673. The molecule has 0 spiro atoms. The molecule has 6 nitrogen and oxygen atoms in total. The molecule has 0 radical (unpaired) electrons. The minimum atomic E-state index is 0. The van der Waals surface area contributed by atoms with E-state index >= 15 is 0 Å². The molecule has 7 heteroatoms. The number of nitrogens with two attached hydrogens (primary N) is 1. The molecule has 0 aromatic carbocycles. The Hall–Kier alpha value is -0.120. The lowest BCUT2D eigenvalue weighted by Gasteiger charge is -2.28. The fourth-order valence-corrected chi connectivity index (χ4v) is 2.70. The van der Waals surface area contributed by atoms with Crippen molar-refractivity contribution in [2.45, 2.75) is 18.9 Å². The number of hydrogen-bond donors (Lipinski definition) is 1. The summed E-state index contributed by atoms with van der Waals surface area (Å²) < 4.78 is 10.5. The molecule has 118 valence electrons. The first-order chi connectivity index (χ1) is 9.31. The highest BCUT2D eigenvalue weighted by molar-refractivity contribution is 14.0. The van der Waals surface area contributed by atoms with Gasteiger partial charge in [0.2, 0.25) is 0 Å². The van der Waals surface area contributed by atoms with Gasteiger partial charge < -0.3 is 20.1 Å². The topological polar surface area (TPSA) is 63.3 Å². The van der Waals surface area contributed by atoms with E-state index in [1.165, 1.54) is 12.8 Å². The quantitative estimate of drug-likeness (QED) is 0.412. The number of hydrogen-bond acceptors (Lipinski definition) is 4. The van der Waals surface area contributed by atoms with Crippen molar-refractivity contribution >= 4 is 29.9 Å². The zero-order chi connectivity index (χ0) is 13.5. The summed E-state index contributed by atoms with van der Waals surface area (Å²) in [5, 5.41) is 0. The molecule has 1 unspecified atom stereocenters. The van der Waals surface area contributed by atoms with Crippen molar-refractivity contribution in [2.75, 3.05) is 59.7 Å². The number of nitrogens with zero attached hydrogens (tertiary/aromatic N) is 3. The average Bonchev–Trinajstić information content (AvgIpc) is 2.91. The molecule has 2 N–H and O–H groups in total. The van der Waals surface area contributed by atoms with Gasteiger partial charge in [-0.05, 0) is 19.4 Å². The molecule has 2 aliphatic heterocycles. The van der Waals surface area contributed by atoms with Crippen LogP contribution in [0.5, 0.6) is 0 Å². The maximum Gasteiger partial charge on any atom is 0.191 e. The fraction of sp³-hybridized carbons (Fsp3) is 0.923. The van der Waals surface area contributed by atoms with Gasteiger partial charge in [-0.3, -0.25) is 9.89 Å². The van der Waals surface area contributed by atoms with Crippen LogP contribution in [0.3, 0.4) is 0 Å². The molecule has 0 saturated carbocycles. The van der Waals surface area contributed by atoms with E-state index in [9.17, 15) is 0 Å². The molecule has 0 aromatic heterocycles. The molecule has 0 bridgehead atoms. The highest BCUT2D eigenvalue weighted by Crippen LogP contribution is 2.17. The molecular weight excluding hydrogens is 371 g/mol. The van der Waals surface area contributed by atoms with Crippen molar-refractivity contribution in [1.29, 1.82) is 0 Å². The van der Waals surface area contributed by atoms with Gasteiger partial charge in [0, 0.05) is 32.8 Å². The third-order valence-electron chi connectivity index (χ3n) is 3.88. The Bertz CT molecular complexity index is 298. The molecule has 2 rings (SSSR count). The predicted octanol–water partition coefficient (Wildman–Crippen LogP) is 0.362. The van der Waals surface area contributed by atoms with E-state index in [1.54, 1.807) is 7.11 Å². The van der Waals surface area contributed by atoms with Crippen LogP contribution in [0.15, 0.2) is 4.99 Å². The van der Waals surface area contributed by atoms with Gasteiger partial charge in [-0.1, -0.05) is 0 Å². The number of rotatable bonds is 5. The standard InChI is InChI=1S/C13H26N4O2.HI/c1-18-8-5-16-4-2-3-12(16)11-15-13(14)17-6-9-19-10-7-17;/h12H,2-11H2,1H3,(H2,14,15);1H. The Labute approximate surface area is 138 Å². The first kappa shape index (κ1) is 17.9. The molecule has 2 heterocycles. The molecule has 1 atom stereocenters. The summed E-state index contributed by atoms with van der Waals surface area (Å²) >= 11 is 0. The fourth-order valence-electron chi connectivity index (χ4n) is 2.70. The van der Waals surface area contributed by atoms with Crippen LogP contribution in [0.4, 0.5) is 0 Å². The maximum absolute atomic E-state index is 6.05. The van der Waals surface area contributed by atoms with Crippen LogP contribution in [-0.4, -0.2) is 81.5 Å². The number of halogens is 1. The monoisotopic (exact) mass is 398 g/mol. The normalized spacial score (nSPS) is 24.8. The van der Waals surface area contributed by atoms with Crippen molar-refractivity contribution in [3.63, 3.8) is 0 Å². The zero-order valence-corrected chi connectivity index (χ0v) is 14.6. The summed E-state index contributed by atoms with van der Waals surface area (Å²) in [4.78, 5) is 9.14. The summed E-state index contributed by atoms with van der Waals surface area (Å²) in [6.07, 6.45) is 2.46. The number of methoxy groups -OCH3 is 1. The predicted molar refractivity (Wildman–Crippen MR) is 90.8 cm³/mol. The Kier molecular flexibility index (Phi) is 8.74. The van der Waals surface area contributed by atoms with Gasteiger partial charge in [0.1, 0.15) is 0 Å². The first-order valence-corrected chi connectivity index (χ1v) is 7.17. The molecule has 2 saturated heterocycles. The molecule has 0 amide bonds. The van der Waals surface area contributed by atoms with Crippen LogP contribution in [0.25, 0.3) is 0 Å². The van der Waals surface area contributed by atoms with Crippen molar-refractivity contribution in [3.05, 3.63) is 0 Å². The van der Waals surface area contributed by atoms with E-state index in [0.29, 0.717) is 12.0 Å². The third-order valence-corrected chi connectivity index (χ3v) is 3.88. The SMILES string of the molecule is COCCN1CCCC1CN=C(N)N1CCOCC1.I. The minimum absolute atomic E-state index is 0. The van der Waals surface area contributed by atoms with Crippen LogP contribution < -0.4 is 5.73 Å². The molecule has 2 aliphatic rings. The Morgan fingerprint density at radius 3 is 2.80 bits per heavy atom. The molecule has 0 aliphatic carbocycles. The van der Waals surface area contributed by atoms with Gasteiger partial charge >= 0.3 is 0 Å². The van der Waals surface area contributed by atoms with Gasteiger partial charge in [-0.2, -0.15) is 0 Å². The summed E-state index contributed by atoms with van der Waals surface area (Å²) in [5.74, 6) is 0.668. The number of aliphatic imine (C=N–C) groups is 1. The molecular formula is C13H27IN4O2. The minimum Gasteiger partial charge on any atom is -0.383 e.